The number of carbonyl (C=O) groups excluding carboxylic acids is 2. The molecule has 0 aliphatic heterocycles. The molecule has 0 saturated heterocycles. The summed E-state index contributed by atoms with van der Waals surface area (Å²) in [4.78, 5) is 21.9. The zero-order valence-electron chi connectivity index (χ0n) is 11.8. The summed E-state index contributed by atoms with van der Waals surface area (Å²) in [5, 5.41) is 3.16. The molecule has 4 nitrogen and oxygen atoms in total. The summed E-state index contributed by atoms with van der Waals surface area (Å²) in [5.74, 6) is 11.5. The molecule has 0 saturated carbocycles. The number of rotatable bonds is 8. The third-order valence-corrected chi connectivity index (χ3v) is 3.52. The highest BCUT2D eigenvalue weighted by Crippen LogP contribution is 2.07. The maximum Gasteiger partial charge on any atom is 0.387 e. The monoisotopic (exact) mass is 313 g/mol. The predicted molar refractivity (Wildman–Crippen MR) is 86.1 cm³/mol. The number of hydrogen-bond acceptors (Lipinski definition) is 5. The standard InChI is InChI=1S/C14H20NO3PS/c1-3-15-13(12(2)16)9-11-20-10-7-5-4-6-8-14(17)18-19/h13,15H,3,7,9-11,19H2,1-2H3. The van der Waals surface area contributed by atoms with Crippen LogP contribution in [0.5, 0.6) is 0 Å². The Labute approximate surface area is 127 Å². The molecule has 0 aromatic heterocycles. The van der Waals surface area contributed by atoms with E-state index in [1.807, 2.05) is 16.4 Å². The van der Waals surface area contributed by atoms with Gasteiger partial charge in [-0.25, -0.2) is 4.79 Å². The summed E-state index contributed by atoms with van der Waals surface area (Å²) < 4.78 is 4.27. The Kier molecular flexibility index (Phi) is 12.4. The van der Waals surface area contributed by atoms with Crippen LogP contribution in [0.4, 0.5) is 0 Å². The lowest BCUT2D eigenvalue weighted by Gasteiger charge is -2.13. The van der Waals surface area contributed by atoms with Crippen LogP contribution < -0.4 is 5.32 Å². The number of hydrogen-bond donors (Lipinski definition) is 1. The van der Waals surface area contributed by atoms with Gasteiger partial charge in [0.1, 0.15) is 5.78 Å². The molecular weight excluding hydrogens is 293 g/mol. The van der Waals surface area contributed by atoms with Gasteiger partial charge in [0.2, 0.25) is 0 Å². The molecule has 0 fully saturated rings. The third-order valence-electron chi connectivity index (χ3n) is 2.29. The first-order chi connectivity index (χ1) is 9.61. The highest BCUT2D eigenvalue weighted by atomic mass is 32.2. The zero-order valence-corrected chi connectivity index (χ0v) is 13.8. The molecule has 0 amide bonds. The third kappa shape index (κ3) is 10.9. The molecule has 1 N–H and O–H groups in total. The minimum Gasteiger partial charge on any atom is -0.442 e. The molecule has 0 aromatic rings. The highest BCUT2D eigenvalue weighted by molar-refractivity contribution is 7.99. The molecule has 0 bridgehead atoms. The maximum absolute atomic E-state index is 11.3. The Morgan fingerprint density at radius 3 is 2.70 bits per heavy atom. The van der Waals surface area contributed by atoms with Crippen molar-refractivity contribution in [3.63, 3.8) is 0 Å². The normalized spacial score (nSPS) is 10.6. The van der Waals surface area contributed by atoms with Gasteiger partial charge in [0.25, 0.3) is 0 Å². The van der Waals surface area contributed by atoms with Gasteiger partial charge >= 0.3 is 5.97 Å². The quantitative estimate of drug-likeness (QED) is 0.417. The van der Waals surface area contributed by atoms with E-state index in [1.165, 1.54) is 0 Å². The molecule has 2 unspecified atom stereocenters. The fourth-order valence-corrected chi connectivity index (χ4v) is 2.25. The van der Waals surface area contributed by atoms with Crippen molar-refractivity contribution in [2.75, 3.05) is 18.1 Å². The smallest absolute Gasteiger partial charge is 0.387 e. The Morgan fingerprint density at radius 1 is 1.35 bits per heavy atom. The minimum absolute atomic E-state index is 0.0395. The summed E-state index contributed by atoms with van der Waals surface area (Å²) in [6, 6.07) is -0.0395. The van der Waals surface area contributed by atoms with Crippen LogP contribution in [0, 0.1) is 23.7 Å². The van der Waals surface area contributed by atoms with Crippen molar-refractivity contribution in [1.29, 1.82) is 0 Å². The van der Waals surface area contributed by atoms with Crippen LogP contribution in [0.15, 0.2) is 0 Å². The second-order valence-corrected chi connectivity index (χ2v) is 5.29. The lowest BCUT2D eigenvalue weighted by atomic mass is 10.1. The molecule has 2 atom stereocenters. The van der Waals surface area contributed by atoms with Crippen molar-refractivity contribution in [3.8, 4) is 23.7 Å². The lowest BCUT2D eigenvalue weighted by Crippen LogP contribution is -2.35. The van der Waals surface area contributed by atoms with Crippen molar-refractivity contribution < 1.29 is 14.1 Å². The van der Waals surface area contributed by atoms with Crippen LogP contribution in [-0.4, -0.2) is 35.8 Å². The number of carbonyl (C=O) groups is 2. The minimum atomic E-state index is -0.614. The van der Waals surface area contributed by atoms with E-state index in [2.05, 4.69) is 33.5 Å². The summed E-state index contributed by atoms with van der Waals surface area (Å²) >= 11 is 1.76. The molecule has 110 valence electrons. The molecule has 0 aromatic carbocycles. The van der Waals surface area contributed by atoms with Gasteiger partial charge in [0, 0.05) is 18.1 Å². The van der Waals surface area contributed by atoms with E-state index in [0.29, 0.717) is 6.42 Å². The van der Waals surface area contributed by atoms with Gasteiger partial charge in [-0.05, 0) is 37.5 Å². The molecule has 0 heterocycles. The highest BCUT2D eigenvalue weighted by Gasteiger charge is 2.11. The Balaban J connectivity index is 3.71. The predicted octanol–water partition coefficient (Wildman–Crippen LogP) is 1.41. The van der Waals surface area contributed by atoms with E-state index < -0.39 is 5.97 Å². The van der Waals surface area contributed by atoms with Gasteiger partial charge < -0.3 is 9.84 Å². The number of likely N-dealkylation sites (N-methyl/N-ethyl adjacent to an activating group) is 1. The maximum atomic E-state index is 11.3. The number of nitrogens with one attached hydrogen (secondary N) is 1. The fraction of sp³-hybridized carbons (Fsp3) is 0.571. The van der Waals surface area contributed by atoms with E-state index in [4.69, 9.17) is 0 Å². The van der Waals surface area contributed by atoms with E-state index >= 15 is 0 Å². The van der Waals surface area contributed by atoms with Gasteiger partial charge in [-0.2, -0.15) is 11.8 Å². The van der Waals surface area contributed by atoms with Crippen LogP contribution in [0.2, 0.25) is 0 Å². The molecule has 0 aliphatic rings. The van der Waals surface area contributed by atoms with Gasteiger partial charge in [-0.15, -0.1) is 0 Å². The van der Waals surface area contributed by atoms with Crippen LogP contribution in [-0.2, 0) is 14.1 Å². The summed E-state index contributed by atoms with van der Waals surface area (Å²) in [5.41, 5.74) is 0. The van der Waals surface area contributed by atoms with Crippen LogP contribution >= 0.6 is 21.2 Å². The van der Waals surface area contributed by atoms with Gasteiger partial charge in [0.05, 0.1) is 15.5 Å². The van der Waals surface area contributed by atoms with Crippen molar-refractivity contribution in [2.24, 2.45) is 0 Å². The molecule has 0 aliphatic carbocycles. The Morgan fingerprint density at radius 2 is 2.10 bits per heavy atom. The van der Waals surface area contributed by atoms with E-state index in [9.17, 15) is 9.59 Å². The Hall–Kier alpha value is -1.00. The molecule has 0 rings (SSSR count). The van der Waals surface area contributed by atoms with Gasteiger partial charge in [-0.3, -0.25) is 4.79 Å². The Bertz CT molecular complexity index is 431. The van der Waals surface area contributed by atoms with Crippen LogP contribution in [0.25, 0.3) is 0 Å². The largest absolute Gasteiger partial charge is 0.442 e. The summed E-state index contributed by atoms with van der Waals surface area (Å²) in [6.07, 6.45) is 1.54. The molecular formula is C14H20NO3PS. The zero-order chi connectivity index (χ0) is 15.2. The van der Waals surface area contributed by atoms with Crippen molar-refractivity contribution in [3.05, 3.63) is 0 Å². The van der Waals surface area contributed by atoms with E-state index in [0.717, 1.165) is 24.5 Å². The molecule has 20 heavy (non-hydrogen) atoms. The average Bonchev–Trinajstić information content (AvgIpc) is 2.43. The lowest BCUT2D eigenvalue weighted by molar-refractivity contribution is -0.126. The van der Waals surface area contributed by atoms with Crippen LogP contribution in [0.1, 0.15) is 26.7 Å². The molecule has 6 heteroatoms. The topological polar surface area (TPSA) is 55.4 Å². The van der Waals surface area contributed by atoms with Crippen LogP contribution in [0.3, 0.4) is 0 Å². The van der Waals surface area contributed by atoms with Gasteiger partial charge in [-0.1, -0.05) is 12.8 Å². The SMILES string of the molecule is CCNC(CCSCCC#CC#CC(=O)OP)C(C)=O. The molecule has 0 radical (unpaired) electrons. The van der Waals surface area contributed by atoms with E-state index in [-0.39, 0.29) is 11.8 Å². The summed E-state index contributed by atoms with van der Waals surface area (Å²) in [6.45, 7) is 4.41. The van der Waals surface area contributed by atoms with Crippen molar-refractivity contribution in [2.45, 2.75) is 32.7 Å². The first kappa shape index (κ1) is 19.0. The first-order valence-electron chi connectivity index (χ1n) is 6.33. The second-order valence-electron chi connectivity index (χ2n) is 3.83. The van der Waals surface area contributed by atoms with Gasteiger partial charge in [0.15, 0.2) is 0 Å². The average molecular weight is 313 g/mol. The number of Topliss-reactive ketones (excluding diaryl/α,β-unsaturated/α-hetero) is 1. The number of ketones is 1. The fourth-order valence-electron chi connectivity index (χ4n) is 1.34. The van der Waals surface area contributed by atoms with Crippen molar-refractivity contribution >= 4 is 33.0 Å². The first-order valence-corrected chi connectivity index (χ1v) is 7.95. The van der Waals surface area contributed by atoms with Crippen molar-refractivity contribution in [1.82, 2.24) is 5.32 Å². The second kappa shape index (κ2) is 13.0. The van der Waals surface area contributed by atoms with E-state index in [1.54, 1.807) is 18.7 Å². The number of thioether (sulfide) groups is 1. The summed E-state index contributed by atoms with van der Waals surface area (Å²) in [7, 11) is 1.83. The molecule has 0 spiro atoms.